The molecule has 0 bridgehead atoms. The lowest BCUT2D eigenvalue weighted by atomic mass is 10.2. The molecule has 4 nitrogen and oxygen atoms in total. The minimum absolute atomic E-state index is 0.335. The summed E-state index contributed by atoms with van der Waals surface area (Å²) >= 11 is 7.58. The molecule has 0 saturated carbocycles. The first-order chi connectivity index (χ1) is 10.7. The summed E-state index contributed by atoms with van der Waals surface area (Å²) in [5.41, 5.74) is 2.25. The Morgan fingerprint density at radius 3 is 2.95 bits per heavy atom. The molecule has 2 aromatic heterocycles. The van der Waals surface area contributed by atoms with Crippen LogP contribution in [0.1, 0.15) is 29.1 Å². The van der Waals surface area contributed by atoms with Crippen molar-refractivity contribution in [3.05, 3.63) is 45.1 Å². The van der Waals surface area contributed by atoms with Crippen molar-refractivity contribution >= 4 is 22.9 Å². The summed E-state index contributed by atoms with van der Waals surface area (Å²) in [6, 6.07) is 3.87. The van der Waals surface area contributed by atoms with E-state index in [2.05, 4.69) is 20.2 Å². The summed E-state index contributed by atoms with van der Waals surface area (Å²) in [5.74, 6) is 0. The van der Waals surface area contributed by atoms with Gasteiger partial charge in [0.05, 0.1) is 12.6 Å². The van der Waals surface area contributed by atoms with Crippen LogP contribution >= 0.6 is 22.9 Å². The number of hydrogen-bond donors (Lipinski definition) is 0. The van der Waals surface area contributed by atoms with Gasteiger partial charge in [0.2, 0.25) is 0 Å². The normalized spacial score (nSPS) is 18.2. The number of thiazole rings is 1. The fourth-order valence-electron chi connectivity index (χ4n) is 2.69. The molecular formula is C16H20ClN3OS. The Balaban J connectivity index is 1.68. The Kier molecular flexibility index (Phi) is 5.41. The molecule has 3 heterocycles. The van der Waals surface area contributed by atoms with Crippen LogP contribution in [0.2, 0.25) is 5.15 Å². The molecule has 0 unspecified atom stereocenters. The summed E-state index contributed by atoms with van der Waals surface area (Å²) in [7, 11) is 0. The number of halogens is 1. The highest BCUT2D eigenvalue weighted by Crippen LogP contribution is 2.19. The van der Waals surface area contributed by atoms with Crippen LogP contribution in [-0.4, -0.2) is 34.1 Å². The third-order valence-electron chi connectivity index (χ3n) is 3.71. The van der Waals surface area contributed by atoms with Crippen LogP contribution in [0, 0.1) is 6.92 Å². The average molecular weight is 338 g/mol. The molecule has 0 aliphatic carbocycles. The third-order valence-corrected chi connectivity index (χ3v) is 4.88. The zero-order valence-corrected chi connectivity index (χ0v) is 14.2. The van der Waals surface area contributed by atoms with Gasteiger partial charge in [0.25, 0.3) is 0 Å². The van der Waals surface area contributed by atoms with Crippen molar-refractivity contribution in [1.29, 1.82) is 0 Å². The number of pyridine rings is 1. The molecule has 1 fully saturated rings. The van der Waals surface area contributed by atoms with Crippen LogP contribution in [-0.2, 0) is 17.8 Å². The van der Waals surface area contributed by atoms with Gasteiger partial charge in [-0.2, -0.15) is 0 Å². The van der Waals surface area contributed by atoms with E-state index in [0.717, 1.165) is 55.3 Å². The van der Waals surface area contributed by atoms with E-state index in [9.17, 15) is 0 Å². The summed E-state index contributed by atoms with van der Waals surface area (Å²) in [6.07, 6.45) is 4.49. The molecule has 1 aliphatic rings. The van der Waals surface area contributed by atoms with E-state index < -0.39 is 0 Å². The van der Waals surface area contributed by atoms with E-state index in [4.69, 9.17) is 16.3 Å². The van der Waals surface area contributed by atoms with Crippen LogP contribution in [0.4, 0.5) is 0 Å². The Labute approximate surface area is 140 Å². The van der Waals surface area contributed by atoms with E-state index in [1.165, 1.54) is 0 Å². The zero-order chi connectivity index (χ0) is 15.4. The van der Waals surface area contributed by atoms with Gasteiger partial charge in [0, 0.05) is 37.0 Å². The first kappa shape index (κ1) is 15.9. The van der Waals surface area contributed by atoms with Crippen molar-refractivity contribution < 1.29 is 4.74 Å². The highest BCUT2D eigenvalue weighted by Gasteiger charge is 2.20. The standard InChI is InChI=1S/C16H20ClN3OS/c1-12-11-22-16(19-12)10-20(9-14-3-2-6-21-14)8-13-4-5-15(17)18-7-13/h4-5,7,11,14H,2-3,6,8-10H2,1H3/t14-/m1/s1. The SMILES string of the molecule is Cc1csc(CN(Cc2ccc(Cl)nc2)C[C@H]2CCCO2)n1. The lowest BCUT2D eigenvalue weighted by Crippen LogP contribution is -2.31. The number of aromatic nitrogens is 2. The molecule has 1 saturated heterocycles. The summed E-state index contributed by atoms with van der Waals surface area (Å²) in [4.78, 5) is 11.1. The van der Waals surface area contributed by atoms with Gasteiger partial charge in [-0.05, 0) is 31.4 Å². The second-order valence-electron chi connectivity index (χ2n) is 5.68. The summed E-state index contributed by atoms with van der Waals surface area (Å²) < 4.78 is 5.79. The molecule has 1 aliphatic heterocycles. The molecule has 0 spiro atoms. The Morgan fingerprint density at radius 2 is 2.32 bits per heavy atom. The van der Waals surface area contributed by atoms with E-state index in [-0.39, 0.29) is 0 Å². The van der Waals surface area contributed by atoms with Gasteiger partial charge in [0.1, 0.15) is 10.2 Å². The Hall–Kier alpha value is -1.01. The third kappa shape index (κ3) is 4.49. The molecule has 1 atom stereocenters. The van der Waals surface area contributed by atoms with Crippen molar-refractivity contribution in [1.82, 2.24) is 14.9 Å². The van der Waals surface area contributed by atoms with Crippen LogP contribution in [0.15, 0.2) is 23.7 Å². The number of rotatable bonds is 6. The monoisotopic (exact) mass is 337 g/mol. The fourth-order valence-corrected chi connectivity index (χ4v) is 3.61. The topological polar surface area (TPSA) is 38.2 Å². The predicted molar refractivity (Wildman–Crippen MR) is 89.2 cm³/mol. The van der Waals surface area contributed by atoms with Crippen molar-refractivity contribution in [2.24, 2.45) is 0 Å². The lowest BCUT2D eigenvalue weighted by molar-refractivity contribution is 0.0678. The van der Waals surface area contributed by atoms with Crippen molar-refractivity contribution in [3.63, 3.8) is 0 Å². The molecule has 0 aromatic carbocycles. The molecule has 0 amide bonds. The summed E-state index contributed by atoms with van der Waals surface area (Å²) in [6.45, 7) is 5.54. The van der Waals surface area contributed by atoms with Gasteiger partial charge >= 0.3 is 0 Å². The number of hydrogen-bond acceptors (Lipinski definition) is 5. The number of nitrogens with zero attached hydrogens (tertiary/aromatic N) is 3. The predicted octanol–water partition coefficient (Wildman–Crippen LogP) is 3.68. The van der Waals surface area contributed by atoms with Crippen molar-refractivity contribution in [2.45, 2.75) is 39.0 Å². The quantitative estimate of drug-likeness (QED) is 0.754. The zero-order valence-electron chi connectivity index (χ0n) is 12.7. The second kappa shape index (κ2) is 7.51. The van der Waals surface area contributed by atoms with Crippen LogP contribution < -0.4 is 0 Å². The highest BCUT2D eigenvalue weighted by atomic mass is 35.5. The maximum atomic E-state index is 5.87. The smallest absolute Gasteiger partial charge is 0.129 e. The minimum Gasteiger partial charge on any atom is -0.377 e. The molecule has 6 heteroatoms. The molecular weight excluding hydrogens is 318 g/mol. The lowest BCUT2D eigenvalue weighted by Gasteiger charge is -2.24. The van der Waals surface area contributed by atoms with E-state index in [1.54, 1.807) is 11.3 Å². The van der Waals surface area contributed by atoms with Gasteiger partial charge in [-0.15, -0.1) is 11.3 Å². The maximum absolute atomic E-state index is 5.87. The number of aryl methyl sites for hydroxylation is 1. The van der Waals surface area contributed by atoms with Gasteiger partial charge in [-0.1, -0.05) is 17.7 Å². The van der Waals surface area contributed by atoms with Crippen molar-refractivity contribution in [3.8, 4) is 0 Å². The van der Waals surface area contributed by atoms with Crippen LogP contribution in [0.25, 0.3) is 0 Å². The van der Waals surface area contributed by atoms with Gasteiger partial charge < -0.3 is 4.74 Å². The second-order valence-corrected chi connectivity index (χ2v) is 7.01. The largest absolute Gasteiger partial charge is 0.377 e. The first-order valence-electron chi connectivity index (χ1n) is 7.54. The molecule has 118 valence electrons. The van der Waals surface area contributed by atoms with E-state index >= 15 is 0 Å². The van der Waals surface area contributed by atoms with E-state index in [0.29, 0.717) is 11.3 Å². The maximum Gasteiger partial charge on any atom is 0.129 e. The molecule has 0 N–H and O–H groups in total. The minimum atomic E-state index is 0.335. The van der Waals surface area contributed by atoms with Crippen molar-refractivity contribution in [2.75, 3.05) is 13.2 Å². The van der Waals surface area contributed by atoms with Gasteiger partial charge in [0.15, 0.2) is 0 Å². The average Bonchev–Trinajstić information content (AvgIpc) is 3.13. The highest BCUT2D eigenvalue weighted by molar-refractivity contribution is 7.09. The van der Waals surface area contributed by atoms with Gasteiger partial charge in [-0.25, -0.2) is 9.97 Å². The molecule has 0 radical (unpaired) electrons. The Morgan fingerprint density at radius 1 is 1.41 bits per heavy atom. The molecule has 2 aromatic rings. The van der Waals surface area contributed by atoms with Crippen LogP contribution in [0.5, 0.6) is 0 Å². The van der Waals surface area contributed by atoms with E-state index in [1.807, 2.05) is 25.3 Å². The Bertz CT molecular complexity index is 596. The first-order valence-corrected chi connectivity index (χ1v) is 8.80. The molecule has 22 heavy (non-hydrogen) atoms. The van der Waals surface area contributed by atoms with Gasteiger partial charge in [-0.3, -0.25) is 4.90 Å². The fraction of sp³-hybridized carbons (Fsp3) is 0.500. The van der Waals surface area contributed by atoms with Crippen LogP contribution in [0.3, 0.4) is 0 Å². The number of ether oxygens (including phenoxy) is 1. The summed E-state index contributed by atoms with van der Waals surface area (Å²) in [5, 5.41) is 3.78. The molecule has 3 rings (SSSR count).